The molecule has 1 fully saturated rings. The molecule has 0 aliphatic heterocycles. The van der Waals surface area contributed by atoms with Crippen molar-refractivity contribution in [3.05, 3.63) is 29.0 Å². The molecule has 0 unspecified atom stereocenters. The first-order chi connectivity index (χ1) is 6.59. The van der Waals surface area contributed by atoms with Gasteiger partial charge >= 0.3 is 0 Å². The van der Waals surface area contributed by atoms with E-state index in [9.17, 15) is 0 Å². The van der Waals surface area contributed by atoms with Crippen LogP contribution in [0.4, 0.5) is 0 Å². The molecule has 0 spiro atoms. The minimum Gasteiger partial charge on any atom is -0.330 e. The van der Waals surface area contributed by atoms with Crippen LogP contribution in [0.15, 0.2) is 18.5 Å². The minimum absolute atomic E-state index is 0.291. The zero-order valence-corrected chi connectivity index (χ0v) is 9.25. The molecule has 3 heteroatoms. The van der Waals surface area contributed by atoms with Gasteiger partial charge in [0.05, 0.1) is 5.02 Å². The van der Waals surface area contributed by atoms with Crippen LogP contribution < -0.4 is 5.73 Å². The van der Waals surface area contributed by atoms with E-state index >= 15 is 0 Å². The molecule has 1 heterocycles. The van der Waals surface area contributed by atoms with Crippen LogP contribution in [0.25, 0.3) is 0 Å². The molecule has 0 saturated heterocycles. The van der Waals surface area contributed by atoms with E-state index in [4.69, 9.17) is 17.3 Å². The number of rotatable bonds is 2. The maximum absolute atomic E-state index is 6.11. The first-order valence-electron chi connectivity index (χ1n) is 4.88. The van der Waals surface area contributed by atoms with Crippen LogP contribution in [0.2, 0.25) is 5.02 Å². The van der Waals surface area contributed by atoms with E-state index in [1.807, 2.05) is 6.07 Å². The van der Waals surface area contributed by atoms with Gasteiger partial charge in [-0.05, 0) is 35.4 Å². The van der Waals surface area contributed by atoms with Gasteiger partial charge in [0, 0.05) is 12.4 Å². The van der Waals surface area contributed by atoms with Crippen molar-refractivity contribution < 1.29 is 0 Å². The molecule has 0 aromatic carbocycles. The highest BCUT2D eigenvalue weighted by atomic mass is 35.5. The molecular formula is C11H15ClN2. The number of halogens is 1. The second kappa shape index (κ2) is 3.21. The SMILES string of the molecule is CC1(C)[C@@H](CN)[C@@H]1c1ccncc1Cl. The number of nitrogens with two attached hydrogens (primary N) is 1. The first-order valence-corrected chi connectivity index (χ1v) is 5.26. The minimum atomic E-state index is 0.291. The van der Waals surface area contributed by atoms with Gasteiger partial charge in [-0.1, -0.05) is 25.4 Å². The van der Waals surface area contributed by atoms with Crippen LogP contribution in [0, 0.1) is 11.3 Å². The standard InChI is InChI=1S/C11H15ClN2/c1-11(2)8(5-13)10(11)7-3-4-14-6-9(7)12/h3-4,6,8,10H,5,13H2,1-2H3/t8-,10-/m0/s1. The molecule has 1 aliphatic rings. The lowest BCUT2D eigenvalue weighted by atomic mass is 10.0. The van der Waals surface area contributed by atoms with Gasteiger partial charge < -0.3 is 5.73 Å². The predicted octanol–water partition coefficient (Wildman–Crippen LogP) is 2.43. The Labute approximate surface area is 89.5 Å². The number of hydrogen-bond acceptors (Lipinski definition) is 2. The highest BCUT2D eigenvalue weighted by Gasteiger charge is 2.57. The Balaban J connectivity index is 2.31. The van der Waals surface area contributed by atoms with Crippen LogP contribution >= 0.6 is 11.6 Å². The Kier molecular flexibility index (Phi) is 2.28. The fourth-order valence-electron chi connectivity index (χ4n) is 2.44. The van der Waals surface area contributed by atoms with Crippen molar-refractivity contribution in [1.82, 2.24) is 4.98 Å². The highest BCUT2D eigenvalue weighted by Crippen LogP contribution is 2.64. The zero-order chi connectivity index (χ0) is 10.3. The summed E-state index contributed by atoms with van der Waals surface area (Å²) in [6, 6.07) is 2.00. The van der Waals surface area contributed by atoms with E-state index in [0.29, 0.717) is 17.3 Å². The van der Waals surface area contributed by atoms with Crippen molar-refractivity contribution >= 4 is 11.6 Å². The Bertz CT molecular complexity index is 349. The summed E-state index contributed by atoms with van der Waals surface area (Å²) in [6.07, 6.45) is 3.50. The summed E-state index contributed by atoms with van der Waals surface area (Å²) in [5, 5.41) is 0.765. The van der Waals surface area contributed by atoms with E-state index in [1.165, 1.54) is 5.56 Å². The normalized spacial score (nSPS) is 28.9. The molecule has 2 rings (SSSR count). The zero-order valence-electron chi connectivity index (χ0n) is 8.50. The van der Waals surface area contributed by atoms with Gasteiger partial charge in [-0.15, -0.1) is 0 Å². The average molecular weight is 211 g/mol. The lowest BCUT2D eigenvalue weighted by Crippen LogP contribution is -2.05. The fourth-order valence-corrected chi connectivity index (χ4v) is 2.68. The number of aromatic nitrogens is 1. The Morgan fingerprint density at radius 3 is 2.79 bits per heavy atom. The smallest absolute Gasteiger partial charge is 0.0624 e. The molecular weight excluding hydrogens is 196 g/mol. The molecule has 1 aromatic rings. The third-order valence-corrected chi connectivity index (χ3v) is 3.76. The predicted molar refractivity (Wildman–Crippen MR) is 58.3 cm³/mol. The summed E-state index contributed by atoms with van der Waals surface area (Å²) < 4.78 is 0. The van der Waals surface area contributed by atoms with Crippen LogP contribution in [-0.4, -0.2) is 11.5 Å². The van der Waals surface area contributed by atoms with Crippen molar-refractivity contribution in [3.8, 4) is 0 Å². The van der Waals surface area contributed by atoms with Crippen molar-refractivity contribution in [3.63, 3.8) is 0 Å². The van der Waals surface area contributed by atoms with Crippen LogP contribution in [0.5, 0.6) is 0 Å². The maximum Gasteiger partial charge on any atom is 0.0624 e. The average Bonchev–Trinajstić information content (AvgIpc) is 2.69. The third kappa shape index (κ3) is 1.33. The van der Waals surface area contributed by atoms with Gasteiger partial charge in [-0.2, -0.15) is 0 Å². The number of pyridine rings is 1. The second-order valence-electron chi connectivity index (χ2n) is 4.54. The molecule has 2 atom stereocenters. The monoisotopic (exact) mass is 210 g/mol. The van der Waals surface area contributed by atoms with Crippen molar-refractivity contribution in [2.75, 3.05) is 6.54 Å². The molecule has 0 bridgehead atoms. The lowest BCUT2D eigenvalue weighted by molar-refractivity contribution is 0.558. The van der Waals surface area contributed by atoms with Gasteiger partial charge in [-0.3, -0.25) is 4.98 Å². The molecule has 0 radical (unpaired) electrons. The van der Waals surface area contributed by atoms with E-state index < -0.39 is 0 Å². The lowest BCUT2D eigenvalue weighted by Gasteiger charge is -2.04. The Hall–Kier alpha value is -0.600. The maximum atomic E-state index is 6.11. The molecule has 2 nitrogen and oxygen atoms in total. The molecule has 76 valence electrons. The molecule has 0 amide bonds. The largest absolute Gasteiger partial charge is 0.330 e. The topological polar surface area (TPSA) is 38.9 Å². The fraction of sp³-hybridized carbons (Fsp3) is 0.545. The van der Waals surface area contributed by atoms with Crippen molar-refractivity contribution in [2.24, 2.45) is 17.1 Å². The number of nitrogens with zero attached hydrogens (tertiary/aromatic N) is 1. The van der Waals surface area contributed by atoms with E-state index in [1.54, 1.807) is 12.4 Å². The van der Waals surface area contributed by atoms with E-state index in [2.05, 4.69) is 18.8 Å². The molecule has 1 aromatic heterocycles. The molecule has 14 heavy (non-hydrogen) atoms. The van der Waals surface area contributed by atoms with Crippen molar-refractivity contribution in [2.45, 2.75) is 19.8 Å². The summed E-state index contributed by atoms with van der Waals surface area (Å²) in [4.78, 5) is 3.99. The van der Waals surface area contributed by atoms with Gasteiger partial charge in [0.25, 0.3) is 0 Å². The highest BCUT2D eigenvalue weighted by molar-refractivity contribution is 6.31. The summed E-state index contributed by atoms with van der Waals surface area (Å²) in [6.45, 7) is 5.22. The number of hydrogen-bond donors (Lipinski definition) is 1. The first kappa shape index (κ1) is 9.94. The van der Waals surface area contributed by atoms with Crippen LogP contribution in [0.1, 0.15) is 25.3 Å². The molecule has 2 N–H and O–H groups in total. The third-order valence-electron chi connectivity index (χ3n) is 3.44. The Morgan fingerprint density at radius 2 is 2.29 bits per heavy atom. The van der Waals surface area contributed by atoms with E-state index in [0.717, 1.165) is 11.6 Å². The van der Waals surface area contributed by atoms with Gasteiger partial charge in [0.15, 0.2) is 0 Å². The summed E-state index contributed by atoms with van der Waals surface area (Å²) in [5.41, 5.74) is 7.22. The van der Waals surface area contributed by atoms with Crippen molar-refractivity contribution in [1.29, 1.82) is 0 Å². The quantitative estimate of drug-likeness (QED) is 0.815. The van der Waals surface area contributed by atoms with Gasteiger partial charge in [0.2, 0.25) is 0 Å². The van der Waals surface area contributed by atoms with Gasteiger partial charge in [-0.25, -0.2) is 0 Å². The summed E-state index contributed by atoms with van der Waals surface area (Å²) in [7, 11) is 0. The molecule has 1 aliphatic carbocycles. The Morgan fingerprint density at radius 1 is 1.57 bits per heavy atom. The van der Waals surface area contributed by atoms with Crippen LogP contribution in [0.3, 0.4) is 0 Å². The summed E-state index contributed by atoms with van der Waals surface area (Å²) >= 11 is 6.11. The molecule has 1 saturated carbocycles. The van der Waals surface area contributed by atoms with Crippen LogP contribution in [-0.2, 0) is 0 Å². The van der Waals surface area contributed by atoms with E-state index in [-0.39, 0.29) is 0 Å². The summed E-state index contributed by atoms with van der Waals surface area (Å²) in [5.74, 6) is 1.06. The van der Waals surface area contributed by atoms with Gasteiger partial charge in [0.1, 0.15) is 0 Å². The second-order valence-corrected chi connectivity index (χ2v) is 4.95.